The second kappa shape index (κ2) is 6.68. The number of hydrogen-bond donors (Lipinski definition) is 2. The Bertz CT molecular complexity index is 791. The van der Waals surface area contributed by atoms with Gasteiger partial charge in [0.2, 0.25) is 5.91 Å². The second-order valence-corrected chi connectivity index (χ2v) is 7.10. The highest BCUT2D eigenvalue weighted by molar-refractivity contribution is 7.10. The first-order valence-corrected chi connectivity index (χ1v) is 8.82. The van der Waals surface area contributed by atoms with E-state index in [0.717, 1.165) is 9.78 Å². The Labute approximate surface area is 149 Å². The smallest absolute Gasteiger partial charge is 0.325 e. The molecule has 0 bridgehead atoms. The van der Waals surface area contributed by atoms with Crippen LogP contribution in [0.4, 0.5) is 4.79 Å². The van der Waals surface area contributed by atoms with Crippen LogP contribution in [0, 0.1) is 0 Å². The molecule has 0 aliphatic carbocycles. The summed E-state index contributed by atoms with van der Waals surface area (Å²) in [5.74, 6) is -0.802. The number of imide groups is 1. The fraction of sp³-hybridized carbons (Fsp3) is 0.278. The summed E-state index contributed by atoms with van der Waals surface area (Å²) in [5, 5.41) is 7.44. The quantitative estimate of drug-likeness (QED) is 0.807. The predicted molar refractivity (Wildman–Crippen MR) is 94.9 cm³/mol. The van der Waals surface area contributed by atoms with Crippen molar-refractivity contribution in [3.8, 4) is 0 Å². The van der Waals surface area contributed by atoms with Crippen LogP contribution in [0.1, 0.15) is 30.3 Å². The van der Waals surface area contributed by atoms with Crippen molar-refractivity contribution < 1.29 is 14.4 Å². The molecule has 25 heavy (non-hydrogen) atoms. The van der Waals surface area contributed by atoms with Crippen molar-refractivity contribution in [2.75, 3.05) is 6.54 Å². The number of urea groups is 1. The molecule has 0 saturated carbocycles. The third-order valence-electron chi connectivity index (χ3n) is 4.28. The Balaban J connectivity index is 1.70. The molecule has 4 amide bonds. The summed E-state index contributed by atoms with van der Waals surface area (Å²) >= 11 is 1.54. The van der Waals surface area contributed by atoms with Gasteiger partial charge in [-0.25, -0.2) is 4.79 Å². The number of nitrogens with one attached hydrogen (secondary N) is 2. The Kier molecular flexibility index (Phi) is 4.59. The zero-order valence-electron chi connectivity index (χ0n) is 14.0. The van der Waals surface area contributed by atoms with Gasteiger partial charge in [0.05, 0.1) is 6.04 Å². The van der Waals surface area contributed by atoms with Gasteiger partial charge >= 0.3 is 6.03 Å². The van der Waals surface area contributed by atoms with Crippen molar-refractivity contribution in [2.45, 2.75) is 25.4 Å². The number of rotatable bonds is 5. The molecule has 6 nitrogen and oxygen atoms in total. The van der Waals surface area contributed by atoms with Crippen molar-refractivity contribution in [1.82, 2.24) is 15.5 Å². The maximum absolute atomic E-state index is 12.8. The zero-order valence-corrected chi connectivity index (χ0v) is 14.8. The largest absolute Gasteiger partial charge is 0.347 e. The lowest BCUT2D eigenvalue weighted by Gasteiger charge is -2.22. The normalized spacial score (nSPS) is 21.1. The monoisotopic (exact) mass is 357 g/mol. The van der Waals surface area contributed by atoms with Gasteiger partial charge in [-0.1, -0.05) is 36.4 Å². The van der Waals surface area contributed by atoms with Gasteiger partial charge in [-0.2, -0.15) is 0 Å². The first kappa shape index (κ1) is 17.2. The fourth-order valence-electron chi connectivity index (χ4n) is 2.85. The molecular weight excluding hydrogens is 338 g/mol. The van der Waals surface area contributed by atoms with Crippen LogP contribution in [0.25, 0.3) is 0 Å². The lowest BCUT2D eigenvalue weighted by molar-refractivity contribution is -0.135. The van der Waals surface area contributed by atoms with E-state index in [2.05, 4.69) is 10.6 Å². The van der Waals surface area contributed by atoms with Crippen LogP contribution in [-0.4, -0.2) is 29.3 Å². The van der Waals surface area contributed by atoms with Crippen LogP contribution in [0.15, 0.2) is 47.8 Å². The van der Waals surface area contributed by atoms with E-state index in [1.807, 2.05) is 30.5 Å². The molecular formula is C18H19N3O3S. The molecule has 130 valence electrons. The summed E-state index contributed by atoms with van der Waals surface area (Å²) in [4.78, 5) is 39.2. The van der Waals surface area contributed by atoms with Gasteiger partial charge in [0.25, 0.3) is 5.91 Å². The lowest BCUT2D eigenvalue weighted by atomic mass is 9.92. The Morgan fingerprint density at radius 2 is 1.96 bits per heavy atom. The molecule has 1 aliphatic heterocycles. The maximum Gasteiger partial charge on any atom is 0.325 e. The molecule has 1 aromatic heterocycles. The van der Waals surface area contributed by atoms with Gasteiger partial charge in [-0.3, -0.25) is 14.5 Å². The first-order valence-electron chi connectivity index (χ1n) is 7.94. The molecule has 1 aromatic carbocycles. The minimum Gasteiger partial charge on any atom is -0.347 e. The van der Waals surface area contributed by atoms with Crippen molar-refractivity contribution in [3.05, 3.63) is 58.3 Å². The van der Waals surface area contributed by atoms with Crippen molar-refractivity contribution in [2.24, 2.45) is 0 Å². The van der Waals surface area contributed by atoms with E-state index in [9.17, 15) is 14.4 Å². The highest BCUT2D eigenvalue weighted by atomic mass is 32.1. The average molecular weight is 357 g/mol. The van der Waals surface area contributed by atoms with Gasteiger partial charge < -0.3 is 10.6 Å². The van der Waals surface area contributed by atoms with Crippen LogP contribution in [0.2, 0.25) is 0 Å². The lowest BCUT2D eigenvalue weighted by Crippen LogP contribution is -2.43. The molecule has 3 rings (SSSR count). The average Bonchev–Trinajstić information content (AvgIpc) is 3.20. The van der Waals surface area contributed by atoms with E-state index in [-0.39, 0.29) is 18.5 Å². The van der Waals surface area contributed by atoms with Crippen LogP contribution >= 0.6 is 11.3 Å². The molecule has 2 atom stereocenters. The van der Waals surface area contributed by atoms with Crippen LogP contribution in [0.5, 0.6) is 0 Å². The number of nitrogens with zero attached hydrogens (tertiary/aromatic N) is 1. The van der Waals surface area contributed by atoms with Gasteiger partial charge in [0.1, 0.15) is 12.1 Å². The number of carbonyl (C=O) groups is 3. The SMILES string of the molecule is C[C@H](NC(=O)CN1C(=O)N[C@](C)(c2ccccc2)C1=O)c1cccs1. The van der Waals surface area contributed by atoms with Gasteiger partial charge in [0, 0.05) is 4.88 Å². The molecule has 1 saturated heterocycles. The van der Waals surface area contributed by atoms with Crippen LogP contribution < -0.4 is 10.6 Å². The molecule has 2 aromatic rings. The predicted octanol–water partition coefficient (Wildman–Crippen LogP) is 2.39. The minimum atomic E-state index is -1.15. The molecule has 2 heterocycles. The molecule has 2 N–H and O–H groups in total. The summed E-state index contributed by atoms with van der Waals surface area (Å²) in [6.07, 6.45) is 0. The highest BCUT2D eigenvalue weighted by Crippen LogP contribution is 2.28. The van der Waals surface area contributed by atoms with E-state index >= 15 is 0 Å². The number of thiophene rings is 1. The molecule has 0 radical (unpaired) electrons. The van der Waals surface area contributed by atoms with Crippen molar-refractivity contribution in [1.29, 1.82) is 0 Å². The summed E-state index contributed by atoms with van der Waals surface area (Å²) < 4.78 is 0. The molecule has 1 aliphatic rings. The Morgan fingerprint density at radius 3 is 2.60 bits per heavy atom. The van der Waals surface area contributed by atoms with Crippen LogP contribution in [-0.2, 0) is 15.1 Å². The second-order valence-electron chi connectivity index (χ2n) is 6.12. The molecule has 0 spiro atoms. The summed E-state index contributed by atoms with van der Waals surface area (Å²) in [6.45, 7) is 3.21. The van der Waals surface area contributed by atoms with Gasteiger partial charge in [-0.05, 0) is 30.9 Å². The molecule has 1 fully saturated rings. The first-order chi connectivity index (χ1) is 11.9. The van der Waals surface area contributed by atoms with E-state index in [4.69, 9.17) is 0 Å². The highest BCUT2D eigenvalue weighted by Gasteiger charge is 2.49. The molecule has 7 heteroatoms. The van der Waals surface area contributed by atoms with E-state index in [1.165, 1.54) is 11.3 Å². The van der Waals surface area contributed by atoms with Crippen molar-refractivity contribution >= 4 is 29.2 Å². The van der Waals surface area contributed by atoms with Crippen LogP contribution in [0.3, 0.4) is 0 Å². The fourth-order valence-corrected chi connectivity index (χ4v) is 3.58. The number of carbonyl (C=O) groups excluding carboxylic acids is 3. The topological polar surface area (TPSA) is 78.5 Å². The Morgan fingerprint density at radius 1 is 1.24 bits per heavy atom. The third-order valence-corrected chi connectivity index (χ3v) is 5.33. The maximum atomic E-state index is 12.8. The summed E-state index contributed by atoms with van der Waals surface area (Å²) in [5.41, 5.74) is -0.471. The molecule has 0 unspecified atom stereocenters. The van der Waals surface area contributed by atoms with Crippen molar-refractivity contribution in [3.63, 3.8) is 0 Å². The minimum absolute atomic E-state index is 0.172. The van der Waals surface area contributed by atoms with Gasteiger partial charge in [0.15, 0.2) is 0 Å². The zero-order chi connectivity index (χ0) is 18.0. The van der Waals surface area contributed by atoms with Gasteiger partial charge in [-0.15, -0.1) is 11.3 Å². The van der Waals surface area contributed by atoms with E-state index in [0.29, 0.717) is 5.56 Å². The number of amides is 4. The number of benzene rings is 1. The number of hydrogen-bond acceptors (Lipinski definition) is 4. The standard InChI is InChI=1S/C18H19N3O3S/c1-12(14-9-6-10-25-14)19-15(22)11-21-16(23)18(2,20-17(21)24)13-7-4-3-5-8-13/h3-10,12H,11H2,1-2H3,(H,19,22)(H,20,24)/t12-,18+/m0/s1. The third kappa shape index (κ3) is 3.28. The van der Waals surface area contributed by atoms with E-state index in [1.54, 1.807) is 31.2 Å². The van der Waals surface area contributed by atoms with E-state index < -0.39 is 17.5 Å². The summed E-state index contributed by atoms with van der Waals surface area (Å²) in [7, 11) is 0. The Hall–Kier alpha value is -2.67. The summed E-state index contributed by atoms with van der Waals surface area (Å²) in [6, 6.07) is 12.1.